The number of carbonyl (C=O) groups excluding carboxylic acids is 2. The average molecular weight is 238 g/mol. The fourth-order valence-corrected chi connectivity index (χ4v) is 1.12. The van der Waals surface area contributed by atoms with Crippen LogP contribution in [0.15, 0.2) is 24.3 Å². The smallest absolute Gasteiger partial charge is 0.343 e. The highest BCUT2D eigenvalue weighted by atomic mass is 16.7. The fourth-order valence-electron chi connectivity index (χ4n) is 1.12. The topological polar surface area (TPSA) is 105 Å². The van der Waals surface area contributed by atoms with Gasteiger partial charge in [0.2, 0.25) is 0 Å². The fraction of sp³-hybridized carbons (Fsp3) is 0.200. The van der Waals surface area contributed by atoms with E-state index in [1.165, 1.54) is 0 Å². The molecule has 0 spiro atoms. The molecule has 1 aromatic carbocycles. The zero-order valence-corrected chi connectivity index (χ0v) is 9.32. The third kappa shape index (κ3) is 4.39. The van der Waals surface area contributed by atoms with Gasteiger partial charge in [0.15, 0.2) is 0 Å². The lowest BCUT2D eigenvalue weighted by Crippen LogP contribution is -2.29. The second-order valence-corrected chi connectivity index (χ2v) is 3.02. The highest BCUT2D eigenvalue weighted by Crippen LogP contribution is 2.20. The van der Waals surface area contributed by atoms with Gasteiger partial charge in [-0.1, -0.05) is 12.1 Å². The van der Waals surface area contributed by atoms with Crippen molar-refractivity contribution in [3.8, 4) is 0 Å². The van der Waals surface area contributed by atoms with Crippen LogP contribution in [0.4, 0.5) is 21.0 Å². The van der Waals surface area contributed by atoms with Gasteiger partial charge >= 0.3 is 12.1 Å². The minimum Gasteiger partial charge on any atom is -0.351 e. The summed E-state index contributed by atoms with van der Waals surface area (Å²) in [6.45, 7) is 2.09. The average Bonchev–Trinajstić information content (AvgIpc) is 2.28. The quantitative estimate of drug-likeness (QED) is 0.593. The van der Waals surface area contributed by atoms with Crippen molar-refractivity contribution in [2.75, 3.05) is 17.2 Å². The van der Waals surface area contributed by atoms with Crippen LogP contribution in [0.3, 0.4) is 0 Å². The Kier molecular flexibility index (Phi) is 4.77. The monoisotopic (exact) mass is 238 g/mol. The normalized spacial score (nSPS) is 9.47. The van der Waals surface area contributed by atoms with Gasteiger partial charge in [0.25, 0.3) is 0 Å². The van der Waals surface area contributed by atoms with Gasteiger partial charge in [-0.15, -0.1) is 0 Å². The Labute approximate surface area is 98.3 Å². The number of nitrogens with one attached hydrogen (secondary N) is 3. The molecule has 7 nitrogen and oxygen atoms in total. The van der Waals surface area contributed by atoms with Crippen LogP contribution in [0.1, 0.15) is 6.92 Å². The molecule has 0 fully saturated rings. The SMILES string of the molecule is CCONC(=O)Nc1ccccc1NC(N)=O. The standard InChI is InChI=1S/C10H14N4O3/c1-2-17-14-10(16)13-8-6-4-3-5-7(8)12-9(11)15/h3-6H,2H2,1H3,(H3,11,12,15)(H2,13,14,16). The number of carbonyl (C=O) groups is 2. The van der Waals surface area contributed by atoms with Crippen LogP contribution in [-0.2, 0) is 4.84 Å². The lowest BCUT2D eigenvalue weighted by atomic mass is 10.2. The predicted molar refractivity (Wildman–Crippen MR) is 63.4 cm³/mol. The van der Waals surface area contributed by atoms with Crippen molar-refractivity contribution in [3.05, 3.63) is 24.3 Å². The molecule has 0 heterocycles. The van der Waals surface area contributed by atoms with E-state index in [1.54, 1.807) is 31.2 Å². The van der Waals surface area contributed by atoms with E-state index in [9.17, 15) is 9.59 Å². The maximum Gasteiger partial charge on any atom is 0.343 e. The molecule has 0 aromatic heterocycles. The van der Waals surface area contributed by atoms with Gasteiger partial charge in [-0.05, 0) is 19.1 Å². The third-order valence-corrected chi connectivity index (χ3v) is 1.74. The Morgan fingerprint density at radius 1 is 1.24 bits per heavy atom. The minimum atomic E-state index is -0.704. The van der Waals surface area contributed by atoms with E-state index in [2.05, 4.69) is 16.1 Å². The Hall–Kier alpha value is -2.28. The number of rotatable bonds is 4. The molecule has 17 heavy (non-hydrogen) atoms. The summed E-state index contributed by atoms with van der Waals surface area (Å²) in [6.07, 6.45) is 0. The van der Waals surface area contributed by atoms with Crippen LogP contribution in [-0.4, -0.2) is 18.7 Å². The Morgan fingerprint density at radius 2 is 1.82 bits per heavy atom. The number of benzene rings is 1. The maximum absolute atomic E-state index is 11.3. The molecule has 0 saturated carbocycles. The number of primary amides is 1. The van der Waals surface area contributed by atoms with Crippen LogP contribution >= 0.6 is 0 Å². The molecule has 0 aliphatic carbocycles. The second-order valence-electron chi connectivity index (χ2n) is 3.02. The van der Waals surface area contributed by atoms with E-state index >= 15 is 0 Å². The van der Waals surface area contributed by atoms with Gasteiger partial charge in [-0.25, -0.2) is 15.1 Å². The van der Waals surface area contributed by atoms with Crippen LogP contribution in [0, 0.1) is 0 Å². The molecule has 0 saturated heterocycles. The maximum atomic E-state index is 11.3. The molecule has 0 aliphatic rings. The molecule has 0 bridgehead atoms. The first-order valence-electron chi connectivity index (χ1n) is 4.97. The van der Waals surface area contributed by atoms with Crippen molar-refractivity contribution in [2.45, 2.75) is 6.92 Å². The van der Waals surface area contributed by atoms with Gasteiger partial charge in [-0.3, -0.25) is 4.84 Å². The number of anilines is 2. The first kappa shape index (κ1) is 12.8. The largest absolute Gasteiger partial charge is 0.351 e. The third-order valence-electron chi connectivity index (χ3n) is 1.74. The van der Waals surface area contributed by atoms with Crippen molar-refractivity contribution < 1.29 is 14.4 Å². The highest BCUT2D eigenvalue weighted by Gasteiger charge is 2.06. The van der Waals surface area contributed by atoms with Crippen molar-refractivity contribution in [2.24, 2.45) is 5.73 Å². The van der Waals surface area contributed by atoms with Crippen molar-refractivity contribution in [1.29, 1.82) is 0 Å². The number of amides is 4. The molecule has 92 valence electrons. The van der Waals surface area contributed by atoms with Gasteiger partial charge < -0.3 is 16.4 Å². The number of nitrogens with two attached hydrogens (primary N) is 1. The van der Waals surface area contributed by atoms with Gasteiger partial charge in [0, 0.05) is 0 Å². The van der Waals surface area contributed by atoms with E-state index in [-0.39, 0.29) is 0 Å². The molecule has 0 aliphatic heterocycles. The van der Waals surface area contributed by atoms with Gasteiger partial charge in [0.05, 0.1) is 18.0 Å². The van der Waals surface area contributed by atoms with Crippen LogP contribution in [0.2, 0.25) is 0 Å². The van der Waals surface area contributed by atoms with Crippen molar-refractivity contribution in [1.82, 2.24) is 5.48 Å². The predicted octanol–water partition coefficient (Wildman–Crippen LogP) is 1.25. The Balaban J connectivity index is 2.69. The Bertz CT molecular complexity index is 408. The number of hydrogen-bond donors (Lipinski definition) is 4. The summed E-state index contributed by atoms with van der Waals surface area (Å²) in [5.41, 5.74) is 8.00. The van der Waals surface area contributed by atoms with Crippen LogP contribution < -0.4 is 21.8 Å². The lowest BCUT2D eigenvalue weighted by Gasteiger charge is -2.11. The molecular weight excluding hydrogens is 224 g/mol. The zero-order valence-electron chi connectivity index (χ0n) is 9.32. The first-order valence-corrected chi connectivity index (χ1v) is 4.97. The first-order chi connectivity index (χ1) is 8.13. The molecule has 0 atom stereocenters. The molecule has 0 radical (unpaired) electrons. The van der Waals surface area contributed by atoms with E-state index in [1.807, 2.05) is 0 Å². The molecule has 1 aromatic rings. The van der Waals surface area contributed by atoms with Gasteiger partial charge in [-0.2, -0.15) is 0 Å². The highest BCUT2D eigenvalue weighted by molar-refractivity contribution is 5.97. The molecule has 4 amide bonds. The zero-order chi connectivity index (χ0) is 12.7. The summed E-state index contributed by atoms with van der Waals surface area (Å²) in [5, 5.41) is 4.90. The molecular formula is C10H14N4O3. The van der Waals surface area contributed by atoms with E-state index in [0.717, 1.165) is 0 Å². The van der Waals surface area contributed by atoms with Crippen LogP contribution in [0.5, 0.6) is 0 Å². The van der Waals surface area contributed by atoms with Crippen molar-refractivity contribution >= 4 is 23.4 Å². The summed E-state index contributed by atoms with van der Waals surface area (Å²) in [5.74, 6) is 0. The molecule has 0 unspecified atom stereocenters. The molecule has 5 N–H and O–H groups in total. The van der Waals surface area contributed by atoms with Gasteiger partial charge in [0.1, 0.15) is 0 Å². The second kappa shape index (κ2) is 6.33. The van der Waals surface area contributed by atoms with Crippen LogP contribution in [0.25, 0.3) is 0 Å². The number of para-hydroxylation sites is 2. The van der Waals surface area contributed by atoms with Crippen molar-refractivity contribution in [3.63, 3.8) is 0 Å². The molecule has 1 rings (SSSR count). The molecule has 7 heteroatoms. The summed E-state index contributed by atoms with van der Waals surface area (Å²) < 4.78 is 0. The summed E-state index contributed by atoms with van der Waals surface area (Å²) in [4.78, 5) is 26.8. The number of hydrogen-bond acceptors (Lipinski definition) is 3. The summed E-state index contributed by atoms with van der Waals surface area (Å²) in [7, 11) is 0. The lowest BCUT2D eigenvalue weighted by molar-refractivity contribution is 0.0758. The Morgan fingerprint density at radius 3 is 2.35 bits per heavy atom. The number of hydroxylamine groups is 1. The summed E-state index contributed by atoms with van der Waals surface area (Å²) >= 11 is 0. The number of urea groups is 2. The van der Waals surface area contributed by atoms with E-state index in [0.29, 0.717) is 18.0 Å². The van der Waals surface area contributed by atoms with E-state index < -0.39 is 12.1 Å². The van der Waals surface area contributed by atoms with E-state index in [4.69, 9.17) is 10.6 Å². The minimum absolute atomic E-state index is 0.356. The summed E-state index contributed by atoms with van der Waals surface area (Å²) in [6, 6.07) is 5.41.